The highest BCUT2D eigenvalue weighted by Gasteiger charge is 2.29. The molecule has 1 unspecified atom stereocenters. The molecule has 0 radical (unpaired) electrons. The number of hydrogen-bond acceptors (Lipinski definition) is 3. The van der Waals surface area contributed by atoms with Crippen LogP contribution >= 0.6 is 0 Å². The van der Waals surface area contributed by atoms with Crippen molar-refractivity contribution >= 4 is 5.91 Å². The summed E-state index contributed by atoms with van der Waals surface area (Å²) in [5.74, 6) is 0.694. The van der Waals surface area contributed by atoms with Gasteiger partial charge in [-0.3, -0.25) is 4.79 Å². The summed E-state index contributed by atoms with van der Waals surface area (Å²) in [6, 6.07) is 7.58. The normalized spacial score (nSPS) is 19.0. The van der Waals surface area contributed by atoms with E-state index in [9.17, 15) is 4.79 Å². The van der Waals surface area contributed by atoms with Gasteiger partial charge in [-0.05, 0) is 31.9 Å². The van der Waals surface area contributed by atoms with E-state index in [1.165, 1.54) is 0 Å². The Morgan fingerprint density at radius 2 is 2.28 bits per heavy atom. The number of ether oxygens (including phenoxy) is 1. The van der Waals surface area contributed by atoms with E-state index in [-0.39, 0.29) is 11.9 Å². The Kier molecular flexibility index (Phi) is 4.20. The zero-order valence-electron chi connectivity index (χ0n) is 10.8. The van der Waals surface area contributed by atoms with E-state index >= 15 is 0 Å². The summed E-state index contributed by atoms with van der Waals surface area (Å²) >= 11 is 0. The number of carbonyl (C=O) groups excluding carboxylic acids is 1. The van der Waals surface area contributed by atoms with Gasteiger partial charge in [-0.1, -0.05) is 12.1 Å². The largest absolute Gasteiger partial charge is 0.493 e. The quantitative estimate of drug-likeness (QED) is 0.881. The minimum atomic E-state index is 0.0343. The Morgan fingerprint density at radius 3 is 3.00 bits per heavy atom. The lowest BCUT2D eigenvalue weighted by Crippen LogP contribution is -2.40. The third kappa shape index (κ3) is 2.48. The second-order valence-corrected chi connectivity index (χ2v) is 4.46. The summed E-state index contributed by atoms with van der Waals surface area (Å²) in [5, 5.41) is 0. The van der Waals surface area contributed by atoms with Crippen molar-refractivity contribution in [3.8, 4) is 5.75 Å². The Bertz CT molecular complexity index is 420. The predicted octanol–water partition coefficient (Wildman–Crippen LogP) is 1.65. The van der Waals surface area contributed by atoms with Gasteiger partial charge in [-0.15, -0.1) is 0 Å². The second kappa shape index (κ2) is 5.87. The lowest BCUT2D eigenvalue weighted by Gasteiger charge is -2.24. The third-order valence-corrected chi connectivity index (χ3v) is 3.33. The van der Waals surface area contributed by atoms with Crippen molar-refractivity contribution in [2.45, 2.75) is 25.8 Å². The number of benzene rings is 1. The third-order valence-electron chi connectivity index (χ3n) is 3.33. The van der Waals surface area contributed by atoms with Crippen molar-refractivity contribution in [3.63, 3.8) is 0 Å². The average Bonchev–Trinajstić information content (AvgIpc) is 2.87. The number of nitrogens with zero attached hydrogens (tertiary/aromatic N) is 1. The van der Waals surface area contributed by atoms with Gasteiger partial charge in [-0.25, -0.2) is 0 Å². The van der Waals surface area contributed by atoms with Gasteiger partial charge in [0.05, 0.1) is 12.2 Å². The van der Waals surface area contributed by atoms with E-state index in [0.29, 0.717) is 24.5 Å². The zero-order chi connectivity index (χ0) is 13.0. The molecule has 1 aliphatic rings. The summed E-state index contributed by atoms with van der Waals surface area (Å²) in [4.78, 5) is 14.4. The first kappa shape index (κ1) is 12.9. The van der Waals surface area contributed by atoms with Crippen LogP contribution in [0.3, 0.4) is 0 Å². The van der Waals surface area contributed by atoms with E-state index < -0.39 is 0 Å². The van der Waals surface area contributed by atoms with E-state index in [4.69, 9.17) is 10.5 Å². The van der Waals surface area contributed by atoms with Gasteiger partial charge in [0.1, 0.15) is 5.75 Å². The highest BCUT2D eigenvalue weighted by molar-refractivity contribution is 5.97. The molecule has 0 saturated carbocycles. The molecular formula is C14H20N2O2. The molecule has 98 valence electrons. The number of amides is 1. The SMILES string of the molecule is CCOc1ccccc1C(=O)N1CCCC1CN. The van der Waals surface area contributed by atoms with Crippen LogP contribution in [0.1, 0.15) is 30.1 Å². The number of hydrogen-bond donors (Lipinski definition) is 1. The van der Waals surface area contributed by atoms with Crippen molar-refractivity contribution in [2.75, 3.05) is 19.7 Å². The fourth-order valence-corrected chi connectivity index (χ4v) is 2.43. The summed E-state index contributed by atoms with van der Waals surface area (Å²) in [7, 11) is 0. The minimum absolute atomic E-state index is 0.0343. The molecule has 4 nitrogen and oxygen atoms in total. The molecule has 18 heavy (non-hydrogen) atoms. The highest BCUT2D eigenvalue weighted by atomic mass is 16.5. The fraction of sp³-hybridized carbons (Fsp3) is 0.500. The van der Waals surface area contributed by atoms with Gasteiger partial charge in [-0.2, -0.15) is 0 Å². The van der Waals surface area contributed by atoms with E-state index in [1.54, 1.807) is 0 Å². The molecule has 1 aromatic carbocycles. The maximum atomic E-state index is 12.5. The van der Waals surface area contributed by atoms with E-state index in [1.807, 2.05) is 36.1 Å². The summed E-state index contributed by atoms with van der Waals surface area (Å²) < 4.78 is 5.51. The molecule has 0 aromatic heterocycles. The van der Waals surface area contributed by atoms with Gasteiger partial charge >= 0.3 is 0 Å². The van der Waals surface area contributed by atoms with Crippen LogP contribution in [0.5, 0.6) is 5.75 Å². The Balaban J connectivity index is 2.22. The van der Waals surface area contributed by atoms with Gasteiger partial charge in [0.15, 0.2) is 0 Å². The Labute approximate surface area is 108 Å². The van der Waals surface area contributed by atoms with Crippen molar-refractivity contribution in [3.05, 3.63) is 29.8 Å². The summed E-state index contributed by atoms with van der Waals surface area (Å²) in [5.41, 5.74) is 6.35. The zero-order valence-corrected chi connectivity index (χ0v) is 10.8. The Morgan fingerprint density at radius 1 is 1.50 bits per heavy atom. The maximum absolute atomic E-state index is 12.5. The van der Waals surface area contributed by atoms with Crippen LogP contribution in [0.15, 0.2) is 24.3 Å². The second-order valence-electron chi connectivity index (χ2n) is 4.46. The van der Waals surface area contributed by atoms with Gasteiger partial charge in [0.2, 0.25) is 0 Å². The van der Waals surface area contributed by atoms with Crippen LogP contribution < -0.4 is 10.5 Å². The molecule has 0 spiro atoms. The predicted molar refractivity (Wildman–Crippen MR) is 70.7 cm³/mol. The topological polar surface area (TPSA) is 55.6 Å². The lowest BCUT2D eigenvalue weighted by molar-refractivity contribution is 0.0737. The van der Waals surface area contributed by atoms with Crippen LogP contribution in [0, 0.1) is 0 Å². The number of para-hydroxylation sites is 1. The van der Waals surface area contributed by atoms with Crippen LogP contribution in [-0.4, -0.2) is 36.5 Å². The molecular weight excluding hydrogens is 228 g/mol. The highest BCUT2D eigenvalue weighted by Crippen LogP contribution is 2.24. The molecule has 1 amide bonds. The molecule has 1 heterocycles. The first-order valence-corrected chi connectivity index (χ1v) is 6.50. The molecule has 4 heteroatoms. The fourth-order valence-electron chi connectivity index (χ4n) is 2.43. The number of likely N-dealkylation sites (tertiary alicyclic amines) is 1. The minimum Gasteiger partial charge on any atom is -0.493 e. The first-order chi connectivity index (χ1) is 8.77. The van der Waals surface area contributed by atoms with Gasteiger partial charge in [0.25, 0.3) is 5.91 Å². The monoisotopic (exact) mass is 248 g/mol. The van der Waals surface area contributed by atoms with Gasteiger partial charge in [0, 0.05) is 19.1 Å². The van der Waals surface area contributed by atoms with Crippen LogP contribution in [0.4, 0.5) is 0 Å². The molecule has 0 bridgehead atoms. The lowest BCUT2D eigenvalue weighted by atomic mass is 10.1. The van der Waals surface area contributed by atoms with Gasteiger partial charge < -0.3 is 15.4 Å². The molecule has 0 aliphatic carbocycles. The smallest absolute Gasteiger partial charge is 0.257 e. The summed E-state index contributed by atoms with van der Waals surface area (Å²) in [6.45, 7) is 3.80. The standard InChI is InChI=1S/C14H20N2O2/c1-2-18-13-8-4-3-7-12(13)14(17)16-9-5-6-11(16)10-15/h3-4,7-8,11H,2,5-6,9-10,15H2,1H3. The van der Waals surface area contributed by atoms with Crippen LogP contribution in [0.2, 0.25) is 0 Å². The van der Waals surface area contributed by atoms with Crippen molar-refractivity contribution < 1.29 is 9.53 Å². The van der Waals surface area contributed by atoms with Crippen molar-refractivity contribution in [1.29, 1.82) is 0 Å². The van der Waals surface area contributed by atoms with Crippen molar-refractivity contribution in [1.82, 2.24) is 4.90 Å². The number of rotatable bonds is 4. The molecule has 1 aromatic rings. The molecule has 2 N–H and O–H groups in total. The van der Waals surface area contributed by atoms with E-state index in [0.717, 1.165) is 19.4 Å². The molecule has 1 saturated heterocycles. The van der Waals surface area contributed by atoms with E-state index in [2.05, 4.69) is 0 Å². The maximum Gasteiger partial charge on any atom is 0.257 e. The van der Waals surface area contributed by atoms with Crippen LogP contribution in [-0.2, 0) is 0 Å². The molecule has 2 rings (SSSR count). The van der Waals surface area contributed by atoms with Crippen LogP contribution in [0.25, 0.3) is 0 Å². The molecule has 1 atom stereocenters. The molecule has 1 aliphatic heterocycles. The summed E-state index contributed by atoms with van der Waals surface area (Å²) in [6.07, 6.45) is 2.03. The van der Waals surface area contributed by atoms with Crippen molar-refractivity contribution in [2.24, 2.45) is 5.73 Å². The first-order valence-electron chi connectivity index (χ1n) is 6.50. The molecule has 1 fully saturated rings. The number of carbonyl (C=O) groups is 1. The number of nitrogens with two attached hydrogens (primary N) is 1. The Hall–Kier alpha value is -1.55. The average molecular weight is 248 g/mol.